The second-order valence-corrected chi connectivity index (χ2v) is 5.35. The zero-order valence-electron chi connectivity index (χ0n) is 11.8. The van der Waals surface area contributed by atoms with Gasteiger partial charge in [0.2, 0.25) is 0 Å². The number of anilines is 1. The van der Waals surface area contributed by atoms with E-state index in [1.165, 1.54) is 17.0 Å². The van der Waals surface area contributed by atoms with E-state index in [1.807, 2.05) is 31.2 Å². The molecule has 0 bridgehead atoms. The SMILES string of the molecule is Cc1ccccc1N1C(=O)/C(=C\c2ccc(F)cc2)NC1=S. The maximum atomic E-state index is 12.9. The topological polar surface area (TPSA) is 32.3 Å². The molecule has 2 aromatic rings. The number of hydrogen-bond donors (Lipinski definition) is 1. The van der Waals surface area contributed by atoms with Crippen LogP contribution in [0.3, 0.4) is 0 Å². The van der Waals surface area contributed by atoms with E-state index in [4.69, 9.17) is 12.2 Å². The molecule has 5 heteroatoms. The molecule has 0 spiro atoms. The Labute approximate surface area is 133 Å². The molecule has 2 aromatic carbocycles. The highest BCUT2D eigenvalue weighted by Crippen LogP contribution is 2.25. The van der Waals surface area contributed by atoms with Gasteiger partial charge in [0.15, 0.2) is 5.11 Å². The number of para-hydroxylation sites is 1. The highest BCUT2D eigenvalue weighted by Gasteiger charge is 2.32. The van der Waals surface area contributed by atoms with Gasteiger partial charge in [-0.15, -0.1) is 0 Å². The molecule has 1 aliphatic heterocycles. The maximum Gasteiger partial charge on any atom is 0.281 e. The summed E-state index contributed by atoms with van der Waals surface area (Å²) in [5, 5.41) is 3.26. The number of amides is 1. The molecule has 0 aliphatic carbocycles. The van der Waals surface area contributed by atoms with Crippen LogP contribution in [0.1, 0.15) is 11.1 Å². The summed E-state index contributed by atoms with van der Waals surface area (Å²) in [5.74, 6) is -0.534. The fourth-order valence-electron chi connectivity index (χ4n) is 2.29. The highest BCUT2D eigenvalue weighted by atomic mass is 32.1. The lowest BCUT2D eigenvalue weighted by Gasteiger charge is -2.16. The summed E-state index contributed by atoms with van der Waals surface area (Å²) in [6.45, 7) is 1.92. The van der Waals surface area contributed by atoms with Gasteiger partial charge in [-0.2, -0.15) is 0 Å². The van der Waals surface area contributed by atoms with E-state index in [9.17, 15) is 9.18 Å². The maximum absolute atomic E-state index is 12.9. The standard InChI is InChI=1S/C17H13FN2OS/c1-11-4-2-3-5-15(11)20-16(21)14(19-17(20)22)10-12-6-8-13(18)9-7-12/h2-10H,1H3,(H,19,22)/b14-10+. The molecule has 3 rings (SSSR count). The van der Waals surface area contributed by atoms with Gasteiger partial charge in [0.25, 0.3) is 5.91 Å². The Morgan fingerprint density at radius 1 is 1.14 bits per heavy atom. The Morgan fingerprint density at radius 3 is 2.50 bits per heavy atom. The smallest absolute Gasteiger partial charge is 0.281 e. The van der Waals surface area contributed by atoms with E-state index >= 15 is 0 Å². The average Bonchev–Trinajstić information content (AvgIpc) is 2.77. The Bertz CT molecular complexity index is 784. The largest absolute Gasteiger partial charge is 0.327 e. The van der Waals surface area contributed by atoms with Gasteiger partial charge in [-0.1, -0.05) is 30.3 Å². The highest BCUT2D eigenvalue weighted by molar-refractivity contribution is 7.80. The van der Waals surface area contributed by atoms with Crippen LogP contribution in [0.15, 0.2) is 54.2 Å². The summed E-state index contributed by atoms with van der Waals surface area (Å²) in [4.78, 5) is 14.0. The molecule has 0 radical (unpaired) electrons. The lowest BCUT2D eigenvalue weighted by atomic mass is 10.1. The first-order valence-electron chi connectivity index (χ1n) is 6.74. The Hall–Kier alpha value is -2.53. The van der Waals surface area contributed by atoms with E-state index in [1.54, 1.807) is 18.2 Å². The van der Waals surface area contributed by atoms with Crippen molar-refractivity contribution in [1.29, 1.82) is 0 Å². The van der Waals surface area contributed by atoms with Crippen LogP contribution < -0.4 is 10.2 Å². The molecule has 0 unspecified atom stereocenters. The molecule has 22 heavy (non-hydrogen) atoms. The first-order valence-corrected chi connectivity index (χ1v) is 7.15. The van der Waals surface area contributed by atoms with Crippen molar-refractivity contribution >= 4 is 35.0 Å². The first-order chi connectivity index (χ1) is 10.6. The van der Waals surface area contributed by atoms with E-state index in [0.29, 0.717) is 10.8 Å². The third-order valence-corrected chi connectivity index (χ3v) is 3.70. The van der Waals surface area contributed by atoms with Gasteiger partial charge in [0.05, 0.1) is 5.69 Å². The Kier molecular flexibility index (Phi) is 3.73. The minimum absolute atomic E-state index is 0.219. The van der Waals surface area contributed by atoms with Crippen LogP contribution in [0.2, 0.25) is 0 Å². The number of aryl methyl sites for hydroxylation is 1. The molecule has 1 fully saturated rings. The van der Waals surface area contributed by atoms with Gasteiger partial charge in [0, 0.05) is 0 Å². The number of carbonyl (C=O) groups is 1. The van der Waals surface area contributed by atoms with Crippen LogP contribution in [-0.4, -0.2) is 11.0 Å². The van der Waals surface area contributed by atoms with Crippen molar-refractivity contribution in [2.45, 2.75) is 6.92 Å². The normalized spacial score (nSPS) is 16.3. The molecule has 3 nitrogen and oxygen atoms in total. The van der Waals surface area contributed by atoms with Gasteiger partial charge >= 0.3 is 0 Å². The lowest BCUT2D eigenvalue weighted by molar-refractivity contribution is -0.113. The molecule has 0 saturated carbocycles. The van der Waals surface area contributed by atoms with Gasteiger partial charge in [-0.3, -0.25) is 9.69 Å². The van der Waals surface area contributed by atoms with Gasteiger partial charge in [-0.25, -0.2) is 4.39 Å². The third-order valence-electron chi connectivity index (χ3n) is 3.42. The zero-order valence-corrected chi connectivity index (χ0v) is 12.7. The third kappa shape index (κ3) is 2.63. The van der Waals surface area contributed by atoms with Crippen molar-refractivity contribution in [3.05, 3.63) is 71.2 Å². The van der Waals surface area contributed by atoms with Crippen LogP contribution in [0.25, 0.3) is 6.08 Å². The number of nitrogens with zero attached hydrogens (tertiary/aromatic N) is 1. The van der Waals surface area contributed by atoms with Crippen molar-refractivity contribution < 1.29 is 9.18 Å². The Balaban J connectivity index is 1.95. The summed E-state index contributed by atoms with van der Waals surface area (Å²) >= 11 is 5.27. The zero-order chi connectivity index (χ0) is 15.7. The number of benzene rings is 2. The van der Waals surface area contributed by atoms with Gasteiger partial charge in [-0.05, 0) is 54.5 Å². The van der Waals surface area contributed by atoms with Crippen molar-refractivity contribution in [2.24, 2.45) is 0 Å². The minimum atomic E-state index is -0.315. The predicted octanol–water partition coefficient (Wildman–Crippen LogP) is 3.40. The van der Waals surface area contributed by atoms with Crippen LogP contribution in [0, 0.1) is 12.7 Å². The second-order valence-electron chi connectivity index (χ2n) is 4.97. The van der Waals surface area contributed by atoms with Crippen LogP contribution in [0.4, 0.5) is 10.1 Å². The molecule has 1 aliphatic rings. The van der Waals surface area contributed by atoms with Crippen molar-refractivity contribution in [3.8, 4) is 0 Å². The lowest BCUT2D eigenvalue weighted by Crippen LogP contribution is -2.30. The van der Waals surface area contributed by atoms with Crippen LogP contribution >= 0.6 is 12.2 Å². The number of halogens is 1. The van der Waals surface area contributed by atoms with Crippen LogP contribution in [0.5, 0.6) is 0 Å². The van der Waals surface area contributed by atoms with Crippen LogP contribution in [-0.2, 0) is 4.79 Å². The molecular weight excluding hydrogens is 299 g/mol. The molecule has 110 valence electrons. The summed E-state index contributed by atoms with van der Waals surface area (Å²) in [7, 11) is 0. The van der Waals surface area contributed by atoms with Crippen molar-refractivity contribution in [3.63, 3.8) is 0 Å². The van der Waals surface area contributed by atoms with E-state index in [0.717, 1.165) is 16.8 Å². The van der Waals surface area contributed by atoms with Gasteiger partial charge < -0.3 is 5.32 Å². The molecule has 1 saturated heterocycles. The number of hydrogen-bond acceptors (Lipinski definition) is 2. The fourth-order valence-corrected chi connectivity index (χ4v) is 2.59. The molecule has 1 N–H and O–H groups in total. The summed E-state index contributed by atoms with van der Waals surface area (Å²) in [6.07, 6.45) is 1.66. The molecule has 0 aromatic heterocycles. The summed E-state index contributed by atoms with van der Waals surface area (Å²) in [5.41, 5.74) is 2.82. The second kappa shape index (κ2) is 5.69. The Morgan fingerprint density at radius 2 is 1.82 bits per heavy atom. The average molecular weight is 312 g/mol. The quantitative estimate of drug-likeness (QED) is 0.681. The van der Waals surface area contributed by atoms with E-state index in [2.05, 4.69) is 5.32 Å². The van der Waals surface area contributed by atoms with Crippen molar-refractivity contribution in [2.75, 3.05) is 4.90 Å². The molecule has 0 atom stereocenters. The molecule has 1 heterocycles. The molecular formula is C17H13FN2OS. The van der Waals surface area contributed by atoms with E-state index < -0.39 is 0 Å². The first kappa shape index (κ1) is 14.4. The monoisotopic (exact) mass is 312 g/mol. The van der Waals surface area contributed by atoms with Crippen molar-refractivity contribution in [1.82, 2.24) is 5.32 Å². The number of nitrogens with one attached hydrogen (secondary N) is 1. The summed E-state index contributed by atoms with van der Waals surface area (Å²) in [6, 6.07) is 13.5. The number of rotatable bonds is 2. The van der Waals surface area contributed by atoms with E-state index in [-0.39, 0.29) is 11.7 Å². The molecule has 1 amide bonds. The number of thiocarbonyl (C=S) groups is 1. The van der Waals surface area contributed by atoms with Gasteiger partial charge in [0.1, 0.15) is 11.5 Å². The summed E-state index contributed by atoms with van der Waals surface area (Å²) < 4.78 is 12.9. The predicted molar refractivity (Wildman–Crippen MR) is 88.8 cm³/mol. The number of carbonyl (C=O) groups excluding carboxylic acids is 1. The fraction of sp³-hybridized carbons (Fsp3) is 0.0588. The minimum Gasteiger partial charge on any atom is -0.327 e.